The van der Waals surface area contributed by atoms with Crippen LogP contribution in [0.5, 0.6) is 5.75 Å². The Balaban J connectivity index is 1.86. The number of benzene rings is 2. The van der Waals surface area contributed by atoms with E-state index in [1.165, 1.54) is 0 Å². The second kappa shape index (κ2) is 8.22. The molecule has 2 aromatic rings. The van der Waals surface area contributed by atoms with Crippen LogP contribution in [0.4, 0.5) is 5.69 Å². The molecule has 0 unspecified atom stereocenters. The Labute approximate surface area is 191 Å². The molecule has 4 rings (SSSR count). The normalized spacial score (nSPS) is 27.2. The number of para-hydroxylation sites is 1. The van der Waals surface area contributed by atoms with Crippen LogP contribution in [0.3, 0.4) is 0 Å². The number of methoxy groups -OCH3 is 1. The minimum absolute atomic E-state index is 0.0221. The monoisotopic (exact) mass is 456 g/mol. The van der Waals surface area contributed by atoms with Crippen molar-refractivity contribution in [1.82, 2.24) is 5.32 Å². The van der Waals surface area contributed by atoms with E-state index in [1.807, 2.05) is 13.8 Å². The summed E-state index contributed by atoms with van der Waals surface area (Å²) in [5.74, 6) is -3.44. The van der Waals surface area contributed by atoms with Crippen LogP contribution in [-0.4, -0.2) is 35.5 Å². The quantitative estimate of drug-likeness (QED) is 0.644. The molecule has 2 amide bonds. The third-order valence-electron chi connectivity index (χ3n) is 6.33. The Bertz CT molecular complexity index is 1070. The third-order valence-corrected chi connectivity index (χ3v) is 6.65. The summed E-state index contributed by atoms with van der Waals surface area (Å²) in [5.41, 5.74) is -0.586. The minimum atomic E-state index is -1.58. The average molecular weight is 457 g/mol. The van der Waals surface area contributed by atoms with Crippen LogP contribution in [0.25, 0.3) is 0 Å². The Kier molecular flexibility index (Phi) is 5.73. The van der Waals surface area contributed by atoms with Gasteiger partial charge in [-0.05, 0) is 42.2 Å². The lowest BCUT2D eigenvalue weighted by Crippen LogP contribution is -2.56. The molecule has 0 aromatic heterocycles. The number of anilines is 1. The summed E-state index contributed by atoms with van der Waals surface area (Å²) in [4.78, 5) is 41.0. The van der Waals surface area contributed by atoms with E-state index in [2.05, 4.69) is 5.32 Å². The number of fused-ring (bicyclic) bond motifs is 1. The molecular formula is C24H25ClN2O5. The van der Waals surface area contributed by atoms with E-state index in [1.54, 1.807) is 55.6 Å². The molecule has 2 aliphatic heterocycles. The first-order chi connectivity index (χ1) is 15.2. The van der Waals surface area contributed by atoms with Gasteiger partial charge in [0, 0.05) is 6.04 Å². The van der Waals surface area contributed by atoms with Crippen LogP contribution in [0, 0.1) is 17.8 Å². The Morgan fingerprint density at radius 2 is 1.81 bits per heavy atom. The fourth-order valence-electron chi connectivity index (χ4n) is 5.09. The van der Waals surface area contributed by atoms with Crippen molar-refractivity contribution >= 4 is 35.1 Å². The van der Waals surface area contributed by atoms with E-state index in [0.29, 0.717) is 5.75 Å². The summed E-state index contributed by atoms with van der Waals surface area (Å²) >= 11 is 6.30. The number of nitrogens with zero attached hydrogens (tertiary/aromatic N) is 1. The minimum Gasteiger partial charge on any atom is -0.497 e. The number of carboxylic acid groups (broad SMARTS) is 1. The topological polar surface area (TPSA) is 95.9 Å². The number of carboxylic acids is 1. The number of amides is 2. The highest BCUT2D eigenvalue weighted by Gasteiger charge is 2.68. The van der Waals surface area contributed by atoms with Gasteiger partial charge in [-0.25, -0.2) is 4.90 Å². The number of carbonyl (C=O) groups is 3. The van der Waals surface area contributed by atoms with E-state index in [0.717, 1.165) is 10.5 Å². The number of nitrogens with one attached hydrogen (secondary N) is 1. The van der Waals surface area contributed by atoms with Crippen molar-refractivity contribution in [3.8, 4) is 5.75 Å². The predicted octanol–water partition coefficient (Wildman–Crippen LogP) is 3.67. The van der Waals surface area contributed by atoms with Gasteiger partial charge in [0.1, 0.15) is 11.3 Å². The van der Waals surface area contributed by atoms with E-state index in [-0.39, 0.29) is 23.0 Å². The van der Waals surface area contributed by atoms with Crippen molar-refractivity contribution in [2.75, 3.05) is 12.0 Å². The standard InChI is InChI=1S/C24H25ClN2O5/c1-13(2)12-24(23(30)31)19-18(20(26-24)14-8-10-15(32-3)11-9-14)21(28)27(22(19)29)17-7-5-4-6-16(17)25/h4-11,13,18-20,26H,12H2,1-3H3,(H,30,31)/t18-,19-,20+,24+/m1/s1. The van der Waals surface area contributed by atoms with Gasteiger partial charge < -0.3 is 9.84 Å². The fourth-order valence-corrected chi connectivity index (χ4v) is 5.31. The zero-order chi connectivity index (χ0) is 23.2. The molecule has 0 bridgehead atoms. The van der Waals surface area contributed by atoms with Gasteiger partial charge in [0.2, 0.25) is 11.8 Å². The molecule has 0 aliphatic carbocycles. The lowest BCUT2D eigenvalue weighted by Gasteiger charge is -2.32. The van der Waals surface area contributed by atoms with E-state index < -0.39 is 41.2 Å². The zero-order valence-corrected chi connectivity index (χ0v) is 18.8. The first-order valence-corrected chi connectivity index (χ1v) is 10.9. The molecule has 2 aliphatic rings. The van der Waals surface area contributed by atoms with Crippen LogP contribution in [0.1, 0.15) is 31.9 Å². The lowest BCUT2D eigenvalue weighted by atomic mass is 9.75. The fraction of sp³-hybridized carbons (Fsp3) is 0.375. The number of rotatable bonds is 6. The second-order valence-corrected chi connectivity index (χ2v) is 9.14. The average Bonchev–Trinajstić information content (AvgIpc) is 3.23. The summed E-state index contributed by atoms with van der Waals surface area (Å²) in [6.45, 7) is 3.80. The van der Waals surface area contributed by atoms with Crippen molar-refractivity contribution in [2.45, 2.75) is 31.8 Å². The Morgan fingerprint density at radius 3 is 2.38 bits per heavy atom. The second-order valence-electron chi connectivity index (χ2n) is 8.74. The molecule has 0 spiro atoms. The number of aliphatic carboxylic acids is 1. The molecule has 168 valence electrons. The number of imide groups is 1. The summed E-state index contributed by atoms with van der Waals surface area (Å²) in [6, 6.07) is 13.0. The molecule has 7 nitrogen and oxygen atoms in total. The Morgan fingerprint density at radius 1 is 1.16 bits per heavy atom. The molecule has 2 fully saturated rings. The number of halogens is 1. The summed E-state index contributed by atoms with van der Waals surface area (Å²) in [6.07, 6.45) is 0.200. The summed E-state index contributed by atoms with van der Waals surface area (Å²) in [5, 5.41) is 13.8. The molecule has 32 heavy (non-hydrogen) atoms. The SMILES string of the molecule is COc1ccc([C@@H]2N[C@](CC(C)C)(C(=O)O)[C@H]3C(=O)N(c4ccccc4Cl)C(=O)[C@@H]23)cc1. The van der Waals surface area contributed by atoms with Gasteiger partial charge in [0.25, 0.3) is 0 Å². The van der Waals surface area contributed by atoms with Gasteiger partial charge in [-0.3, -0.25) is 19.7 Å². The van der Waals surface area contributed by atoms with Crippen LogP contribution < -0.4 is 15.0 Å². The number of hydrogen-bond donors (Lipinski definition) is 2. The zero-order valence-electron chi connectivity index (χ0n) is 18.0. The molecule has 0 saturated carbocycles. The predicted molar refractivity (Wildman–Crippen MR) is 120 cm³/mol. The van der Waals surface area contributed by atoms with Gasteiger partial charge in [0.15, 0.2) is 0 Å². The summed E-state index contributed by atoms with van der Waals surface area (Å²) < 4.78 is 5.22. The van der Waals surface area contributed by atoms with Crippen LogP contribution in [-0.2, 0) is 14.4 Å². The van der Waals surface area contributed by atoms with Gasteiger partial charge >= 0.3 is 5.97 Å². The molecular weight excluding hydrogens is 432 g/mol. The molecule has 2 aromatic carbocycles. The van der Waals surface area contributed by atoms with E-state index in [4.69, 9.17) is 16.3 Å². The van der Waals surface area contributed by atoms with Gasteiger partial charge in [-0.15, -0.1) is 0 Å². The number of ether oxygens (including phenoxy) is 1. The number of carbonyl (C=O) groups excluding carboxylic acids is 2. The highest BCUT2D eigenvalue weighted by atomic mass is 35.5. The first-order valence-electron chi connectivity index (χ1n) is 10.5. The van der Waals surface area contributed by atoms with Gasteiger partial charge in [0.05, 0.1) is 29.7 Å². The largest absolute Gasteiger partial charge is 0.497 e. The molecule has 2 N–H and O–H groups in total. The van der Waals surface area contributed by atoms with Crippen molar-refractivity contribution in [3.63, 3.8) is 0 Å². The van der Waals surface area contributed by atoms with E-state index >= 15 is 0 Å². The van der Waals surface area contributed by atoms with Crippen molar-refractivity contribution in [3.05, 3.63) is 59.1 Å². The van der Waals surface area contributed by atoms with Crippen LogP contribution in [0.15, 0.2) is 48.5 Å². The first kappa shape index (κ1) is 22.3. The third kappa shape index (κ3) is 3.36. The lowest BCUT2D eigenvalue weighted by molar-refractivity contribution is -0.149. The maximum atomic E-state index is 13.7. The maximum absolute atomic E-state index is 13.7. The van der Waals surface area contributed by atoms with E-state index in [9.17, 15) is 19.5 Å². The molecule has 8 heteroatoms. The smallest absolute Gasteiger partial charge is 0.324 e. The van der Waals surface area contributed by atoms with Crippen molar-refractivity contribution in [1.29, 1.82) is 0 Å². The van der Waals surface area contributed by atoms with Gasteiger partial charge in [-0.2, -0.15) is 0 Å². The summed E-state index contributed by atoms with van der Waals surface area (Å²) in [7, 11) is 1.55. The molecule has 4 atom stereocenters. The molecule has 0 radical (unpaired) electrons. The van der Waals surface area contributed by atoms with Crippen molar-refractivity contribution in [2.24, 2.45) is 17.8 Å². The molecule has 2 heterocycles. The van der Waals surface area contributed by atoms with Crippen LogP contribution >= 0.6 is 11.6 Å². The van der Waals surface area contributed by atoms with Crippen molar-refractivity contribution < 1.29 is 24.2 Å². The van der Waals surface area contributed by atoms with Crippen LogP contribution in [0.2, 0.25) is 5.02 Å². The highest BCUT2D eigenvalue weighted by molar-refractivity contribution is 6.36. The molecule has 2 saturated heterocycles. The number of hydrogen-bond acceptors (Lipinski definition) is 5. The Hall–Kier alpha value is -2.90. The highest BCUT2D eigenvalue weighted by Crippen LogP contribution is 2.52. The maximum Gasteiger partial charge on any atom is 0.324 e. The van der Waals surface area contributed by atoms with Gasteiger partial charge in [-0.1, -0.05) is 49.7 Å².